The zero-order chi connectivity index (χ0) is 30.3. The van der Waals surface area contributed by atoms with Crippen LogP contribution in [0.3, 0.4) is 0 Å². The van der Waals surface area contributed by atoms with Crippen molar-refractivity contribution in [1.29, 1.82) is 0 Å². The SMILES string of the molecule is Cc1ccoc1C(=O)N1CC2(CC(COCc3ccccn3)CN2C)C1.O=C(O)C(F)(F)F.O=C(O)C(F)(F)F. The third-order valence-electron chi connectivity index (χ3n) is 6.14. The minimum Gasteiger partial charge on any atom is -0.475 e. The number of pyridine rings is 1. The molecule has 0 saturated carbocycles. The minimum atomic E-state index is -5.08. The number of ether oxygens (including phenoxy) is 1. The number of halogens is 6. The number of aryl methyl sites for hydroxylation is 1. The van der Waals surface area contributed by atoms with Gasteiger partial charge in [-0.15, -0.1) is 0 Å². The maximum Gasteiger partial charge on any atom is 0.490 e. The molecule has 4 heterocycles. The molecule has 1 spiro atoms. The molecule has 1 unspecified atom stereocenters. The molecule has 2 N–H and O–H groups in total. The normalized spacial score (nSPS) is 18.2. The van der Waals surface area contributed by atoms with Gasteiger partial charge in [-0.25, -0.2) is 9.59 Å². The predicted octanol–water partition coefficient (Wildman–Crippen LogP) is 3.61. The van der Waals surface area contributed by atoms with Crippen LogP contribution in [0.4, 0.5) is 26.3 Å². The van der Waals surface area contributed by atoms with Gasteiger partial charge in [0.25, 0.3) is 5.91 Å². The van der Waals surface area contributed by atoms with Crippen molar-refractivity contribution in [3.8, 4) is 0 Å². The Balaban J connectivity index is 0.000000333. The van der Waals surface area contributed by atoms with Gasteiger partial charge in [0.1, 0.15) is 0 Å². The maximum atomic E-state index is 12.5. The number of carbonyl (C=O) groups excluding carboxylic acids is 1. The van der Waals surface area contributed by atoms with Crippen molar-refractivity contribution in [2.45, 2.75) is 37.8 Å². The van der Waals surface area contributed by atoms with Crippen LogP contribution in [0.5, 0.6) is 0 Å². The minimum absolute atomic E-state index is 0.00127. The summed E-state index contributed by atoms with van der Waals surface area (Å²) >= 11 is 0. The Bertz CT molecular complexity index is 1120. The first-order valence-corrected chi connectivity index (χ1v) is 11.6. The lowest BCUT2D eigenvalue weighted by molar-refractivity contribution is -0.193. The van der Waals surface area contributed by atoms with Crippen LogP contribution >= 0.6 is 0 Å². The Labute approximate surface area is 224 Å². The van der Waals surface area contributed by atoms with Gasteiger partial charge in [0.15, 0.2) is 5.76 Å². The number of carbonyl (C=O) groups is 3. The molecule has 222 valence electrons. The smallest absolute Gasteiger partial charge is 0.475 e. The molecule has 2 saturated heterocycles. The lowest BCUT2D eigenvalue weighted by Gasteiger charge is -2.51. The van der Waals surface area contributed by atoms with Gasteiger partial charge >= 0.3 is 24.3 Å². The molecule has 0 radical (unpaired) electrons. The monoisotopic (exact) mass is 583 g/mol. The van der Waals surface area contributed by atoms with Gasteiger partial charge in [0.05, 0.1) is 30.7 Å². The van der Waals surface area contributed by atoms with E-state index in [2.05, 4.69) is 16.9 Å². The van der Waals surface area contributed by atoms with Gasteiger partial charge in [0, 0.05) is 31.4 Å². The van der Waals surface area contributed by atoms with E-state index in [9.17, 15) is 31.1 Å². The average molecular weight is 583 g/mol. The Hall–Kier alpha value is -3.66. The van der Waals surface area contributed by atoms with Crippen LogP contribution in [-0.2, 0) is 20.9 Å². The average Bonchev–Trinajstić information content (AvgIpc) is 3.40. The van der Waals surface area contributed by atoms with Gasteiger partial charge in [-0.05, 0) is 44.5 Å². The Morgan fingerprint density at radius 3 is 2.10 bits per heavy atom. The fourth-order valence-electron chi connectivity index (χ4n) is 4.18. The van der Waals surface area contributed by atoms with Crippen molar-refractivity contribution >= 4 is 17.8 Å². The van der Waals surface area contributed by atoms with Gasteiger partial charge in [-0.2, -0.15) is 26.3 Å². The fourth-order valence-corrected chi connectivity index (χ4v) is 4.18. The maximum absolute atomic E-state index is 12.5. The second-order valence-electron chi connectivity index (χ2n) is 9.21. The van der Waals surface area contributed by atoms with Crippen LogP contribution in [0.2, 0.25) is 0 Å². The number of amides is 1. The number of rotatable bonds is 5. The number of alkyl halides is 6. The highest BCUT2D eigenvalue weighted by atomic mass is 19.4. The summed E-state index contributed by atoms with van der Waals surface area (Å²) in [5.74, 6) is -4.55. The summed E-state index contributed by atoms with van der Waals surface area (Å²) in [6.07, 6.45) is -5.74. The van der Waals surface area contributed by atoms with Crippen LogP contribution < -0.4 is 0 Å². The molecule has 1 atom stereocenters. The molecule has 2 fully saturated rings. The molecule has 0 aromatic carbocycles. The predicted molar refractivity (Wildman–Crippen MR) is 124 cm³/mol. The van der Waals surface area contributed by atoms with Crippen molar-refractivity contribution in [1.82, 2.24) is 14.8 Å². The fraction of sp³-hybridized carbons (Fsp3) is 0.500. The third kappa shape index (κ3) is 8.94. The van der Waals surface area contributed by atoms with E-state index in [4.69, 9.17) is 29.0 Å². The lowest BCUT2D eigenvalue weighted by Crippen LogP contribution is -2.68. The van der Waals surface area contributed by atoms with Crippen LogP contribution in [0.15, 0.2) is 41.1 Å². The number of hydrogen-bond acceptors (Lipinski definition) is 7. The second kappa shape index (κ2) is 13.1. The summed E-state index contributed by atoms with van der Waals surface area (Å²) < 4.78 is 74.7. The summed E-state index contributed by atoms with van der Waals surface area (Å²) in [6, 6.07) is 7.70. The van der Waals surface area contributed by atoms with Crippen LogP contribution in [0.25, 0.3) is 0 Å². The van der Waals surface area contributed by atoms with Crippen LogP contribution in [-0.4, -0.2) is 94.0 Å². The van der Waals surface area contributed by atoms with Crippen molar-refractivity contribution in [2.24, 2.45) is 5.92 Å². The Morgan fingerprint density at radius 2 is 1.65 bits per heavy atom. The molecule has 40 heavy (non-hydrogen) atoms. The summed E-state index contributed by atoms with van der Waals surface area (Å²) in [5.41, 5.74) is 1.95. The Morgan fingerprint density at radius 1 is 1.07 bits per heavy atom. The second-order valence-corrected chi connectivity index (χ2v) is 9.21. The highest BCUT2D eigenvalue weighted by Gasteiger charge is 2.53. The zero-order valence-electron chi connectivity index (χ0n) is 21.3. The zero-order valence-corrected chi connectivity index (χ0v) is 21.3. The van der Waals surface area contributed by atoms with Gasteiger partial charge < -0.3 is 24.3 Å². The van der Waals surface area contributed by atoms with E-state index in [-0.39, 0.29) is 11.4 Å². The first-order valence-electron chi connectivity index (χ1n) is 11.6. The summed E-state index contributed by atoms with van der Waals surface area (Å²) in [7, 11) is 2.15. The van der Waals surface area contributed by atoms with E-state index in [0.29, 0.717) is 18.3 Å². The molecule has 16 heteroatoms. The molecule has 2 aliphatic rings. The lowest BCUT2D eigenvalue weighted by atomic mass is 9.84. The van der Waals surface area contributed by atoms with Gasteiger partial charge in [-0.3, -0.25) is 14.7 Å². The Kier molecular flexibility index (Phi) is 10.7. The number of aliphatic carboxylic acids is 2. The molecule has 1 amide bonds. The summed E-state index contributed by atoms with van der Waals surface area (Å²) in [5, 5.41) is 14.2. The van der Waals surface area contributed by atoms with Gasteiger partial charge in [0.2, 0.25) is 0 Å². The van der Waals surface area contributed by atoms with Crippen molar-refractivity contribution < 1.29 is 60.1 Å². The topological polar surface area (TPSA) is 133 Å². The van der Waals surface area contributed by atoms with Gasteiger partial charge in [-0.1, -0.05) is 6.07 Å². The van der Waals surface area contributed by atoms with E-state index >= 15 is 0 Å². The number of aromatic nitrogens is 1. The first-order chi connectivity index (χ1) is 18.5. The number of carboxylic acids is 2. The largest absolute Gasteiger partial charge is 0.490 e. The molecule has 0 bridgehead atoms. The van der Waals surface area contributed by atoms with E-state index < -0.39 is 24.3 Å². The van der Waals surface area contributed by atoms with E-state index in [1.165, 1.54) is 0 Å². The molecule has 2 aromatic rings. The highest BCUT2D eigenvalue weighted by Crippen LogP contribution is 2.40. The van der Waals surface area contributed by atoms with Crippen molar-refractivity contribution in [3.63, 3.8) is 0 Å². The number of nitrogens with zero attached hydrogens (tertiary/aromatic N) is 3. The first kappa shape index (κ1) is 32.6. The van der Waals surface area contributed by atoms with Crippen LogP contribution in [0.1, 0.15) is 28.2 Å². The van der Waals surface area contributed by atoms with Crippen LogP contribution in [0, 0.1) is 12.8 Å². The molecule has 2 aliphatic heterocycles. The molecular weight excluding hydrogens is 556 g/mol. The van der Waals surface area contributed by atoms with E-state index in [0.717, 1.165) is 43.9 Å². The summed E-state index contributed by atoms with van der Waals surface area (Å²) in [4.78, 5) is 38.9. The van der Waals surface area contributed by atoms with Crippen molar-refractivity contribution in [3.05, 3.63) is 53.7 Å². The van der Waals surface area contributed by atoms with Crippen molar-refractivity contribution in [2.75, 3.05) is 33.3 Å². The number of hydrogen-bond donors (Lipinski definition) is 2. The molecule has 2 aromatic heterocycles. The standard InChI is InChI=1S/C20H25N3O3.2C2HF3O2/c1-15-6-8-26-18(15)19(24)23-13-20(14-23)9-16(10-22(20)2)11-25-12-17-5-3-4-7-21-17;2*3-2(4,5)1(6)7/h3-8,16H,9-14H2,1-2H3;2*(H,6,7). The quantitative estimate of drug-likeness (QED) is 0.507. The highest BCUT2D eigenvalue weighted by molar-refractivity contribution is 5.93. The third-order valence-corrected chi connectivity index (χ3v) is 6.14. The molecule has 10 nitrogen and oxygen atoms in total. The van der Waals surface area contributed by atoms with E-state index in [1.807, 2.05) is 36.1 Å². The number of carboxylic acid groups (broad SMARTS) is 2. The van der Waals surface area contributed by atoms with E-state index in [1.54, 1.807) is 12.5 Å². The molecule has 0 aliphatic carbocycles. The number of likely N-dealkylation sites (N-methyl/N-ethyl adjacent to an activating group) is 1. The number of likely N-dealkylation sites (tertiary alicyclic amines) is 2. The number of furan rings is 1. The molecule has 4 rings (SSSR count). The molecular formula is C24H27F6N3O7. The summed E-state index contributed by atoms with van der Waals surface area (Å²) in [6.45, 7) is 5.72.